The highest BCUT2D eigenvalue weighted by molar-refractivity contribution is 8.00. The van der Waals surface area contributed by atoms with Crippen LogP contribution in [-0.2, 0) is 9.53 Å². The molecule has 5 heteroatoms. The van der Waals surface area contributed by atoms with Crippen LogP contribution >= 0.6 is 11.8 Å². The first-order chi connectivity index (χ1) is 9.69. The van der Waals surface area contributed by atoms with Crippen LogP contribution in [0.3, 0.4) is 0 Å². The minimum atomic E-state index is -0.262. The molecule has 0 radical (unpaired) electrons. The van der Waals surface area contributed by atoms with Crippen molar-refractivity contribution in [2.75, 3.05) is 19.4 Å². The maximum Gasteiger partial charge on any atom is 0.315 e. The highest BCUT2D eigenvalue weighted by Crippen LogP contribution is 2.41. The summed E-state index contributed by atoms with van der Waals surface area (Å²) in [5, 5.41) is -0.0793. The lowest BCUT2D eigenvalue weighted by Crippen LogP contribution is -2.28. The number of thioether (sulfide) groups is 1. The Morgan fingerprint density at radius 2 is 2.15 bits per heavy atom. The highest BCUT2D eigenvalue weighted by Gasteiger charge is 2.36. The predicted octanol–water partition coefficient (Wildman–Crippen LogP) is 2.85. The predicted molar refractivity (Wildman–Crippen MR) is 79.6 cm³/mol. The van der Waals surface area contributed by atoms with E-state index in [-0.39, 0.29) is 23.0 Å². The van der Waals surface area contributed by atoms with Crippen LogP contribution < -0.4 is 0 Å². The van der Waals surface area contributed by atoms with Crippen LogP contribution in [0.25, 0.3) is 0 Å². The standard InChI is InChI=1S/C15H19NO3S/c1-3-4-9-16-14(18)11-7-5-6-8-12(11)15(16)20-10-13(17)19-2/h5-8,15H,3-4,9-10H2,1-2H3. The summed E-state index contributed by atoms with van der Waals surface area (Å²) in [7, 11) is 1.38. The van der Waals surface area contributed by atoms with Crippen molar-refractivity contribution in [2.24, 2.45) is 0 Å². The normalized spacial score (nSPS) is 17.2. The first-order valence-electron chi connectivity index (χ1n) is 6.77. The van der Waals surface area contributed by atoms with E-state index in [9.17, 15) is 9.59 Å². The van der Waals surface area contributed by atoms with Crippen LogP contribution in [0.4, 0.5) is 0 Å². The lowest BCUT2D eigenvalue weighted by atomic mass is 10.1. The Labute approximate surface area is 123 Å². The van der Waals surface area contributed by atoms with Gasteiger partial charge < -0.3 is 9.64 Å². The third kappa shape index (κ3) is 2.98. The zero-order chi connectivity index (χ0) is 14.5. The number of carbonyl (C=O) groups is 2. The van der Waals surface area contributed by atoms with Gasteiger partial charge in [-0.2, -0.15) is 0 Å². The number of carbonyl (C=O) groups excluding carboxylic acids is 2. The van der Waals surface area contributed by atoms with Crippen molar-refractivity contribution in [1.82, 2.24) is 4.90 Å². The van der Waals surface area contributed by atoms with E-state index in [1.165, 1.54) is 18.9 Å². The Kier molecular flexibility index (Phi) is 5.06. The summed E-state index contributed by atoms with van der Waals surface area (Å²) >= 11 is 1.45. The van der Waals surface area contributed by atoms with Gasteiger partial charge in [0.25, 0.3) is 5.91 Å². The quantitative estimate of drug-likeness (QED) is 0.757. The second kappa shape index (κ2) is 6.79. The van der Waals surface area contributed by atoms with Gasteiger partial charge in [0.2, 0.25) is 0 Å². The van der Waals surface area contributed by atoms with E-state index in [2.05, 4.69) is 11.7 Å². The number of fused-ring (bicyclic) bond motifs is 1. The Morgan fingerprint density at radius 1 is 1.40 bits per heavy atom. The summed E-state index contributed by atoms with van der Waals surface area (Å²) < 4.78 is 4.68. The summed E-state index contributed by atoms with van der Waals surface area (Å²) in [6.45, 7) is 2.83. The van der Waals surface area contributed by atoms with Gasteiger partial charge in [-0.25, -0.2) is 0 Å². The third-order valence-electron chi connectivity index (χ3n) is 3.34. The first kappa shape index (κ1) is 14.9. The summed E-state index contributed by atoms with van der Waals surface area (Å²) in [6.07, 6.45) is 2.00. The fourth-order valence-electron chi connectivity index (χ4n) is 2.27. The van der Waals surface area contributed by atoms with Gasteiger partial charge in [0.15, 0.2) is 0 Å². The molecule has 0 saturated carbocycles. The topological polar surface area (TPSA) is 46.6 Å². The lowest BCUT2D eigenvalue weighted by Gasteiger charge is -2.24. The van der Waals surface area contributed by atoms with Crippen molar-refractivity contribution in [2.45, 2.75) is 25.1 Å². The zero-order valence-corrected chi connectivity index (χ0v) is 12.6. The van der Waals surface area contributed by atoms with E-state index in [1.54, 1.807) is 0 Å². The van der Waals surface area contributed by atoms with Gasteiger partial charge in [-0.05, 0) is 18.1 Å². The number of methoxy groups -OCH3 is 1. The van der Waals surface area contributed by atoms with Crippen LogP contribution in [0.1, 0.15) is 41.1 Å². The molecule has 2 rings (SSSR count). The second-order valence-corrected chi connectivity index (χ2v) is 5.75. The van der Waals surface area contributed by atoms with Crippen LogP contribution in [0.2, 0.25) is 0 Å². The number of unbranched alkanes of at least 4 members (excludes halogenated alkanes) is 1. The second-order valence-electron chi connectivity index (χ2n) is 4.68. The molecular weight excluding hydrogens is 274 g/mol. The summed E-state index contributed by atoms with van der Waals surface area (Å²) in [6, 6.07) is 7.63. The summed E-state index contributed by atoms with van der Waals surface area (Å²) in [5.41, 5.74) is 1.76. The summed E-state index contributed by atoms with van der Waals surface area (Å²) in [5.74, 6) is 0.0597. The molecule has 0 saturated heterocycles. The van der Waals surface area contributed by atoms with Crippen LogP contribution in [0.15, 0.2) is 24.3 Å². The maximum absolute atomic E-state index is 12.4. The van der Waals surface area contributed by atoms with Gasteiger partial charge >= 0.3 is 5.97 Å². The monoisotopic (exact) mass is 293 g/mol. The number of benzene rings is 1. The third-order valence-corrected chi connectivity index (χ3v) is 4.57. The van der Waals surface area contributed by atoms with Crippen molar-refractivity contribution >= 4 is 23.6 Å². The molecule has 0 aromatic heterocycles. The molecule has 1 heterocycles. The van der Waals surface area contributed by atoms with Gasteiger partial charge in [0, 0.05) is 12.1 Å². The number of nitrogens with zero attached hydrogens (tertiary/aromatic N) is 1. The van der Waals surface area contributed by atoms with Crippen molar-refractivity contribution in [3.05, 3.63) is 35.4 Å². The molecular formula is C15H19NO3S. The number of hydrogen-bond acceptors (Lipinski definition) is 4. The molecule has 1 unspecified atom stereocenters. The van der Waals surface area contributed by atoms with Gasteiger partial charge in [-0.1, -0.05) is 31.5 Å². The van der Waals surface area contributed by atoms with Crippen LogP contribution in [-0.4, -0.2) is 36.2 Å². The smallest absolute Gasteiger partial charge is 0.315 e. The Hall–Kier alpha value is -1.49. The van der Waals surface area contributed by atoms with E-state index in [4.69, 9.17) is 0 Å². The van der Waals surface area contributed by atoms with Gasteiger partial charge in [-0.15, -0.1) is 11.8 Å². The molecule has 4 nitrogen and oxygen atoms in total. The van der Waals surface area contributed by atoms with Crippen molar-refractivity contribution in [3.63, 3.8) is 0 Å². The van der Waals surface area contributed by atoms with E-state index >= 15 is 0 Å². The molecule has 0 bridgehead atoms. The van der Waals surface area contributed by atoms with Gasteiger partial charge in [0.05, 0.1) is 12.9 Å². The van der Waals surface area contributed by atoms with Crippen LogP contribution in [0, 0.1) is 0 Å². The average Bonchev–Trinajstić information content (AvgIpc) is 2.75. The molecule has 20 heavy (non-hydrogen) atoms. The largest absolute Gasteiger partial charge is 0.468 e. The molecule has 1 atom stereocenters. The van der Waals surface area contributed by atoms with Crippen LogP contribution in [0.5, 0.6) is 0 Å². The molecule has 1 amide bonds. The number of hydrogen-bond donors (Lipinski definition) is 0. The van der Waals surface area contributed by atoms with Gasteiger partial charge in [0.1, 0.15) is 5.37 Å². The van der Waals surface area contributed by atoms with E-state index < -0.39 is 0 Å². The molecule has 0 spiro atoms. The van der Waals surface area contributed by atoms with Crippen molar-refractivity contribution in [3.8, 4) is 0 Å². The van der Waals surface area contributed by atoms with Gasteiger partial charge in [-0.3, -0.25) is 9.59 Å². The lowest BCUT2D eigenvalue weighted by molar-refractivity contribution is -0.137. The number of rotatable bonds is 6. The molecule has 1 aliphatic rings. The number of ether oxygens (including phenoxy) is 1. The molecule has 1 aromatic carbocycles. The Balaban J connectivity index is 2.18. The molecule has 0 aliphatic carbocycles. The molecule has 1 aromatic rings. The maximum atomic E-state index is 12.4. The Bertz CT molecular complexity index is 504. The molecule has 1 aliphatic heterocycles. The molecule has 108 valence electrons. The van der Waals surface area contributed by atoms with E-state index in [0.29, 0.717) is 0 Å². The Morgan fingerprint density at radius 3 is 2.85 bits per heavy atom. The fourth-order valence-corrected chi connectivity index (χ4v) is 3.45. The summed E-state index contributed by atoms with van der Waals surface area (Å²) in [4.78, 5) is 25.6. The zero-order valence-electron chi connectivity index (χ0n) is 11.8. The SMILES string of the molecule is CCCCN1C(=O)c2ccccc2C1SCC(=O)OC. The average molecular weight is 293 g/mol. The first-order valence-corrected chi connectivity index (χ1v) is 7.82. The highest BCUT2D eigenvalue weighted by atomic mass is 32.2. The fraction of sp³-hybridized carbons (Fsp3) is 0.467. The van der Waals surface area contributed by atoms with Crippen molar-refractivity contribution in [1.29, 1.82) is 0 Å². The van der Waals surface area contributed by atoms with E-state index in [1.807, 2.05) is 29.2 Å². The minimum Gasteiger partial charge on any atom is -0.468 e. The molecule has 0 N–H and O–H groups in total. The van der Waals surface area contributed by atoms with Crippen molar-refractivity contribution < 1.29 is 14.3 Å². The van der Waals surface area contributed by atoms with E-state index in [0.717, 1.165) is 30.5 Å². The minimum absolute atomic E-state index is 0.0661. The molecule has 0 fully saturated rings. The number of esters is 1. The number of amides is 1.